The number of hydrogen-bond acceptors (Lipinski definition) is 4. The third-order valence-electron chi connectivity index (χ3n) is 1.95. The van der Waals surface area contributed by atoms with Gasteiger partial charge in [0, 0.05) is 13.2 Å². The number of benzene rings is 1. The van der Waals surface area contributed by atoms with Gasteiger partial charge in [0.25, 0.3) is 4.84 Å². The summed E-state index contributed by atoms with van der Waals surface area (Å²) in [5.41, 5.74) is 1.58. The highest BCUT2D eigenvalue weighted by Crippen LogP contribution is 2.20. The normalized spacial score (nSPS) is 10.7. The molecule has 2 rings (SSSR count). The lowest BCUT2D eigenvalue weighted by Crippen LogP contribution is -2.03. The van der Waals surface area contributed by atoms with Crippen molar-refractivity contribution in [3.05, 3.63) is 23.0 Å². The van der Waals surface area contributed by atoms with Gasteiger partial charge in [-0.3, -0.25) is 0 Å². The molecule has 0 aliphatic rings. The molecular weight excluding hydrogens is 214 g/mol. The van der Waals surface area contributed by atoms with Crippen LogP contribution in [-0.2, 0) is 4.74 Å². The van der Waals surface area contributed by atoms with E-state index in [0.717, 1.165) is 11.3 Å². The van der Waals surface area contributed by atoms with Crippen LogP contribution < -0.4 is 4.74 Å². The van der Waals surface area contributed by atoms with Crippen molar-refractivity contribution in [1.82, 2.24) is 4.98 Å². The van der Waals surface area contributed by atoms with Gasteiger partial charge in [-0.1, -0.05) is 0 Å². The van der Waals surface area contributed by atoms with Gasteiger partial charge in [0.1, 0.15) is 12.4 Å². The van der Waals surface area contributed by atoms with Gasteiger partial charge < -0.3 is 18.9 Å². The fourth-order valence-corrected chi connectivity index (χ4v) is 1.46. The van der Waals surface area contributed by atoms with Gasteiger partial charge in [-0.2, -0.15) is 0 Å². The van der Waals surface area contributed by atoms with Crippen LogP contribution in [0.3, 0.4) is 0 Å². The highest BCUT2D eigenvalue weighted by atomic mass is 32.1. The van der Waals surface area contributed by atoms with Crippen LogP contribution in [0.5, 0.6) is 5.75 Å². The molecule has 0 saturated carbocycles. The number of aromatic amines is 1. The predicted molar refractivity (Wildman–Crippen MR) is 58.8 cm³/mol. The van der Waals surface area contributed by atoms with Gasteiger partial charge in [0.2, 0.25) is 0 Å². The number of oxazole rings is 1. The van der Waals surface area contributed by atoms with Crippen LogP contribution in [0.2, 0.25) is 0 Å². The van der Waals surface area contributed by atoms with Gasteiger partial charge in [-0.05, 0) is 24.4 Å². The summed E-state index contributed by atoms with van der Waals surface area (Å²) in [6, 6.07) is 5.53. The molecule has 0 aliphatic carbocycles. The zero-order valence-electron chi connectivity index (χ0n) is 8.28. The summed E-state index contributed by atoms with van der Waals surface area (Å²) in [6.07, 6.45) is 0. The summed E-state index contributed by atoms with van der Waals surface area (Å²) in [4.78, 5) is 3.29. The van der Waals surface area contributed by atoms with Crippen molar-refractivity contribution in [2.75, 3.05) is 20.3 Å². The number of methoxy groups -OCH3 is 1. The molecule has 0 amide bonds. The molecule has 80 valence electrons. The molecule has 0 bridgehead atoms. The third kappa shape index (κ3) is 2.37. The van der Waals surface area contributed by atoms with E-state index in [4.69, 9.17) is 26.1 Å². The van der Waals surface area contributed by atoms with Gasteiger partial charge in [-0.25, -0.2) is 0 Å². The van der Waals surface area contributed by atoms with Crippen LogP contribution in [0.1, 0.15) is 0 Å². The molecule has 0 radical (unpaired) electrons. The molecule has 5 heteroatoms. The second kappa shape index (κ2) is 4.46. The van der Waals surface area contributed by atoms with Gasteiger partial charge in [0.05, 0.1) is 12.1 Å². The van der Waals surface area contributed by atoms with E-state index in [9.17, 15) is 0 Å². The topological polar surface area (TPSA) is 47.4 Å². The standard InChI is InChI=1S/C10H11NO3S/c1-12-4-5-13-7-2-3-8-9(6-7)14-10(15)11-8/h2-3,6H,4-5H2,1H3,(H,11,15). The van der Waals surface area contributed by atoms with E-state index in [1.807, 2.05) is 12.1 Å². The van der Waals surface area contributed by atoms with Crippen molar-refractivity contribution >= 4 is 23.3 Å². The number of nitrogens with one attached hydrogen (secondary N) is 1. The second-order valence-corrected chi connectivity index (χ2v) is 3.38. The number of H-pyrrole nitrogens is 1. The fraction of sp³-hybridized carbons (Fsp3) is 0.300. The molecule has 0 fully saturated rings. The molecule has 0 spiro atoms. The van der Waals surface area contributed by atoms with Crippen LogP contribution in [0, 0.1) is 4.84 Å². The maximum absolute atomic E-state index is 5.43. The smallest absolute Gasteiger partial charge is 0.266 e. The minimum absolute atomic E-state index is 0.374. The van der Waals surface area contributed by atoms with E-state index < -0.39 is 0 Å². The Hall–Kier alpha value is -1.33. The van der Waals surface area contributed by atoms with Crippen LogP contribution >= 0.6 is 12.2 Å². The monoisotopic (exact) mass is 225 g/mol. The Morgan fingerprint density at radius 3 is 3.07 bits per heavy atom. The van der Waals surface area contributed by atoms with Crippen LogP contribution in [0.25, 0.3) is 11.1 Å². The molecule has 0 aliphatic heterocycles. The summed E-state index contributed by atoms with van der Waals surface area (Å²) >= 11 is 4.88. The molecule has 1 aromatic heterocycles. The summed E-state index contributed by atoms with van der Waals surface area (Å²) in [5, 5.41) is 0. The minimum Gasteiger partial charge on any atom is -0.491 e. The zero-order chi connectivity index (χ0) is 10.7. The Balaban J connectivity index is 2.19. The first kappa shape index (κ1) is 10.2. The number of ether oxygens (including phenoxy) is 2. The van der Waals surface area contributed by atoms with E-state index >= 15 is 0 Å². The Morgan fingerprint density at radius 2 is 2.27 bits per heavy atom. The van der Waals surface area contributed by atoms with E-state index in [1.165, 1.54) is 0 Å². The maximum Gasteiger partial charge on any atom is 0.266 e. The molecule has 4 nitrogen and oxygen atoms in total. The molecular formula is C10H11NO3S. The molecule has 0 saturated heterocycles. The van der Waals surface area contributed by atoms with Crippen LogP contribution in [0.15, 0.2) is 22.6 Å². The van der Waals surface area contributed by atoms with Gasteiger partial charge in [-0.15, -0.1) is 0 Å². The van der Waals surface area contributed by atoms with Crippen molar-refractivity contribution in [2.45, 2.75) is 0 Å². The quantitative estimate of drug-likeness (QED) is 0.641. The van der Waals surface area contributed by atoms with Crippen molar-refractivity contribution < 1.29 is 13.9 Å². The third-order valence-corrected chi connectivity index (χ3v) is 2.13. The lowest BCUT2D eigenvalue weighted by Gasteiger charge is -2.04. The summed E-state index contributed by atoms with van der Waals surface area (Å²) < 4.78 is 15.6. The SMILES string of the molecule is COCCOc1ccc2[nH]c(=S)oc2c1. The molecule has 2 aromatic rings. The summed E-state index contributed by atoms with van der Waals surface area (Å²) in [7, 11) is 1.64. The van der Waals surface area contributed by atoms with Gasteiger partial charge >= 0.3 is 0 Å². The second-order valence-electron chi connectivity index (χ2n) is 3.01. The van der Waals surface area contributed by atoms with E-state index in [1.54, 1.807) is 13.2 Å². The largest absolute Gasteiger partial charge is 0.491 e. The highest BCUT2D eigenvalue weighted by Gasteiger charge is 2.01. The Morgan fingerprint density at radius 1 is 1.40 bits per heavy atom. The lowest BCUT2D eigenvalue weighted by atomic mass is 10.3. The van der Waals surface area contributed by atoms with Gasteiger partial charge in [0.15, 0.2) is 5.58 Å². The number of rotatable bonds is 4. The lowest BCUT2D eigenvalue weighted by molar-refractivity contribution is 0.146. The minimum atomic E-state index is 0.374. The van der Waals surface area contributed by atoms with E-state index in [2.05, 4.69) is 4.98 Å². The van der Waals surface area contributed by atoms with E-state index in [0.29, 0.717) is 23.6 Å². The predicted octanol–water partition coefficient (Wildman–Crippen LogP) is 2.52. The molecule has 1 heterocycles. The zero-order valence-corrected chi connectivity index (χ0v) is 9.10. The van der Waals surface area contributed by atoms with E-state index in [-0.39, 0.29) is 0 Å². The molecule has 1 aromatic carbocycles. The van der Waals surface area contributed by atoms with Crippen molar-refractivity contribution in [3.8, 4) is 5.75 Å². The van der Waals surface area contributed by atoms with Crippen molar-refractivity contribution in [1.29, 1.82) is 0 Å². The first-order chi connectivity index (χ1) is 7.29. The molecule has 0 unspecified atom stereocenters. The van der Waals surface area contributed by atoms with Crippen LogP contribution in [-0.4, -0.2) is 25.3 Å². The Kier molecular flexibility index (Phi) is 3.03. The fourth-order valence-electron chi connectivity index (χ4n) is 1.26. The Bertz CT molecular complexity index is 503. The van der Waals surface area contributed by atoms with Crippen molar-refractivity contribution in [3.63, 3.8) is 0 Å². The highest BCUT2D eigenvalue weighted by molar-refractivity contribution is 7.71. The maximum atomic E-state index is 5.43. The first-order valence-electron chi connectivity index (χ1n) is 4.54. The molecule has 15 heavy (non-hydrogen) atoms. The molecule has 1 N–H and O–H groups in total. The van der Waals surface area contributed by atoms with Crippen LogP contribution in [0.4, 0.5) is 0 Å². The summed E-state index contributed by atoms with van der Waals surface area (Å²) in [5.74, 6) is 0.748. The first-order valence-corrected chi connectivity index (χ1v) is 4.95. The average Bonchev–Trinajstić information content (AvgIpc) is 2.57. The summed E-state index contributed by atoms with van der Waals surface area (Å²) in [6.45, 7) is 1.09. The number of fused-ring (bicyclic) bond motifs is 1. The van der Waals surface area contributed by atoms with Crippen molar-refractivity contribution in [2.24, 2.45) is 0 Å². The molecule has 0 atom stereocenters. The number of hydrogen-bond donors (Lipinski definition) is 1. The number of aromatic nitrogens is 1. The average molecular weight is 225 g/mol. The Labute approximate surface area is 91.8 Å².